The van der Waals surface area contributed by atoms with Gasteiger partial charge in [-0.05, 0) is 18.4 Å². The van der Waals surface area contributed by atoms with E-state index in [2.05, 4.69) is 4.72 Å². The average Bonchev–Trinajstić information content (AvgIpc) is 2.55. The van der Waals surface area contributed by atoms with Gasteiger partial charge in [0, 0.05) is 5.38 Å². The van der Waals surface area contributed by atoms with Crippen LogP contribution in [0.5, 0.6) is 0 Å². The first kappa shape index (κ1) is 10.2. The normalized spacial score (nSPS) is 13.5. The van der Waals surface area contributed by atoms with E-state index in [0.717, 1.165) is 0 Å². The minimum Gasteiger partial charge on any atom is -0.207 e. The topological polar surface area (TPSA) is 70.0 Å². The van der Waals surface area contributed by atoms with E-state index < -0.39 is 16.1 Å². The molecule has 70 valence electrons. The first-order valence-electron chi connectivity index (χ1n) is 3.50. The lowest BCUT2D eigenvalue weighted by atomic mass is 10.4. The number of rotatable bonds is 3. The van der Waals surface area contributed by atoms with Crippen molar-refractivity contribution in [2.45, 2.75) is 17.9 Å². The molecule has 1 heterocycles. The van der Waals surface area contributed by atoms with Crippen molar-refractivity contribution in [3.63, 3.8) is 0 Å². The summed E-state index contributed by atoms with van der Waals surface area (Å²) in [4.78, 5) is 0.208. The van der Waals surface area contributed by atoms with Crippen molar-refractivity contribution in [2.24, 2.45) is 0 Å². The molecular weight excluding hydrogens is 208 g/mol. The molecule has 13 heavy (non-hydrogen) atoms. The Morgan fingerprint density at radius 2 is 2.38 bits per heavy atom. The Balaban J connectivity index is 2.87. The Bertz CT molecular complexity index is 402. The van der Waals surface area contributed by atoms with Crippen LogP contribution < -0.4 is 4.72 Å². The molecule has 0 saturated carbocycles. The van der Waals surface area contributed by atoms with Crippen LogP contribution in [0, 0.1) is 11.3 Å². The summed E-state index contributed by atoms with van der Waals surface area (Å²) >= 11 is 1.30. The van der Waals surface area contributed by atoms with Crippen molar-refractivity contribution in [1.82, 2.24) is 4.72 Å². The maximum Gasteiger partial charge on any atom is 0.242 e. The van der Waals surface area contributed by atoms with E-state index in [1.54, 1.807) is 11.4 Å². The number of thiophene rings is 1. The maximum absolute atomic E-state index is 11.4. The van der Waals surface area contributed by atoms with Gasteiger partial charge < -0.3 is 0 Å². The lowest BCUT2D eigenvalue weighted by Gasteiger charge is -2.04. The molecule has 1 rings (SSSR count). The van der Waals surface area contributed by atoms with Gasteiger partial charge in [0.05, 0.1) is 11.0 Å². The highest BCUT2D eigenvalue weighted by Crippen LogP contribution is 2.12. The van der Waals surface area contributed by atoms with Crippen molar-refractivity contribution in [1.29, 1.82) is 5.26 Å². The Hall–Kier alpha value is -0.900. The first-order chi connectivity index (χ1) is 6.06. The van der Waals surface area contributed by atoms with Gasteiger partial charge in [-0.25, -0.2) is 8.42 Å². The first-order valence-corrected chi connectivity index (χ1v) is 5.93. The van der Waals surface area contributed by atoms with Crippen LogP contribution >= 0.6 is 11.3 Å². The molecule has 0 aliphatic heterocycles. The molecule has 0 unspecified atom stereocenters. The highest BCUT2D eigenvalue weighted by atomic mass is 32.2. The molecular formula is C7H8N2O2S2. The van der Waals surface area contributed by atoms with Crippen LogP contribution in [0.2, 0.25) is 0 Å². The summed E-state index contributed by atoms with van der Waals surface area (Å²) in [5, 5.41) is 11.6. The van der Waals surface area contributed by atoms with Crippen LogP contribution in [0.25, 0.3) is 0 Å². The van der Waals surface area contributed by atoms with Crippen molar-refractivity contribution in [3.8, 4) is 6.07 Å². The van der Waals surface area contributed by atoms with Gasteiger partial charge in [0.2, 0.25) is 10.0 Å². The molecule has 0 spiro atoms. The van der Waals surface area contributed by atoms with E-state index in [1.165, 1.54) is 29.7 Å². The second kappa shape index (κ2) is 3.87. The number of nitrogens with zero attached hydrogens (tertiary/aromatic N) is 1. The monoisotopic (exact) mass is 216 g/mol. The lowest BCUT2D eigenvalue weighted by Crippen LogP contribution is -2.31. The van der Waals surface area contributed by atoms with E-state index in [-0.39, 0.29) is 4.90 Å². The largest absolute Gasteiger partial charge is 0.242 e. The highest BCUT2D eigenvalue weighted by Gasteiger charge is 2.16. The van der Waals surface area contributed by atoms with Crippen molar-refractivity contribution in [2.75, 3.05) is 0 Å². The summed E-state index contributed by atoms with van der Waals surface area (Å²) in [7, 11) is -3.49. The molecule has 0 aromatic carbocycles. The van der Waals surface area contributed by atoms with E-state index in [0.29, 0.717) is 0 Å². The molecule has 0 radical (unpaired) electrons. The zero-order valence-corrected chi connectivity index (χ0v) is 8.52. The molecule has 0 aliphatic rings. The third-order valence-electron chi connectivity index (χ3n) is 1.33. The molecule has 0 aliphatic carbocycles. The Morgan fingerprint density at radius 3 is 2.85 bits per heavy atom. The number of hydrogen-bond acceptors (Lipinski definition) is 4. The molecule has 1 N–H and O–H groups in total. The SMILES string of the molecule is C[C@H](C#N)NS(=O)(=O)c1ccsc1. The molecule has 1 aromatic rings. The van der Waals surface area contributed by atoms with Crippen molar-refractivity contribution >= 4 is 21.4 Å². The number of hydrogen-bond donors (Lipinski definition) is 1. The fourth-order valence-corrected chi connectivity index (χ4v) is 2.91. The minimum atomic E-state index is -3.49. The average molecular weight is 216 g/mol. The summed E-state index contributed by atoms with van der Waals surface area (Å²) < 4.78 is 25.0. The zero-order chi connectivity index (χ0) is 9.90. The van der Waals surface area contributed by atoms with Gasteiger partial charge in [-0.2, -0.15) is 21.3 Å². The lowest BCUT2D eigenvalue weighted by molar-refractivity contribution is 0.577. The minimum absolute atomic E-state index is 0.208. The van der Waals surface area contributed by atoms with E-state index in [9.17, 15) is 8.42 Å². The van der Waals surface area contributed by atoms with Gasteiger partial charge in [0.25, 0.3) is 0 Å². The Labute approximate surface area is 80.9 Å². The quantitative estimate of drug-likeness (QED) is 0.817. The number of nitriles is 1. The summed E-state index contributed by atoms with van der Waals surface area (Å²) in [5.41, 5.74) is 0. The van der Waals surface area contributed by atoms with Gasteiger partial charge in [0.15, 0.2) is 0 Å². The zero-order valence-electron chi connectivity index (χ0n) is 6.89. The fraction of sp³-hybridized carbons (Fsp3) is 0.286. The molecule has 1 atom stereocenters. The smallest absolute Gasteiger partial charge is 0.207 e. The van der Waals surface area contributed by atoms with Gasteiger partial charge in [-0.3, -0.25) is 0 Å². The maximum atomic E-state index is 11.4. The summed E-state index contributed by atoms with van der Waals surface area (Å²) in [6.45, 7) is 1.49. The van der Waals surface area contributed by atoms with E-state index in [4.69, 9.17) is 5.26 Å². The summed E-state index contributed by atoms with van der Waals surface area (Å²) in [5.74, 6) is 0. The van der Waals surface area contributed by atoms with Crippen LogP contribution in [-0.4, -0.2) is 14.5 Å². The highest BCUT2D eigenvalue weighted by molar-refractivity contribution is 7.89. The van der Waals surface area contributed by atoms with Crippen LogP contribution in [0.1, 0.15) is 6.92 Å². The summed E-state index contributed by atoms with van der Waals surface area (Å²) in [6, 6.07) is 2.59. The van der Waals surface area contributed by atoms with Crippen molar-refractivity contribution < 1.29 is 8.42 Å². The third kappa shape index (κ3) is 2.52. The van der Waals surface area contributed by atoms with Gasteiger partial charge in [-0.1, -0.05) is 0 Å². The van der Waals surface area contributed by atoms with Crippen molar-refractivity contribution in [3.05, 3.63) is 16.8 Å². The standard InChI is InChI=1S/C7H8N2O2S2/c1-6(4-8)9-13(10,11)7-2-3-12-5-7/h2-3,5-6,9H,1H3/t6-/m1/s1. The van der Waals surface area contributed by atoms with Gasteiger partial charge in [-0.15, -0.1) is 0 Å². The van der Waals surface area contributed by atoms with Gasteiger partial charge in [0.1, 0.15) is 6.04 Å². The predicted molar refractivity (Wildman–Crippen MR) is 49.7 cm³/mol. The Morgan fingerprint density at radius 1 is 1.69 bits per heavy atom. The molecule has 0 bridgehead atoms. The third-order valence-corrected chi connectivity index (χ3v) is 3.70. The Kier molecular flexibility index (Phi) is 3.03. The van der Waals surface area contributed by atoms with Crippen LogP contribution in [0.4, 0.5) is 0 Å². The molecule has 6 heteroatoms. The molecule has 4 nitrogen and oxygen atoms in total. The van der Waals surface area contributed by atoms with Crippen LogP contribution in [-0.2, 0) is 10.0 Å². The fourth-order valence-electron chi connectivity index (χ4n) is 0.732. The van der Waals surface area contributed by atoms with Crippen LogP contribution in [0.15, 0.2) is 21.7 Å². The predicted octanol–water partition coefficient (Wildman–Crippen LogP) is 0.938. The molecule has 1 aromatic heterocycles. The second-order valence-corrected chi connectivity index (χ2v) is 4.93. The van der Waals surface area contributed by atoms with E-state index in [1.807, 2.05) is 0 Å². The number of nitrogens with one attached hydrogen (secondary N) is 1. The van der Waals surface area contributed by atoms with E-state index >= 15 is 0 Å². The summed E-state index contributed by atoms with van der Waals surface area (Å²) in [6.07, 6.45) is 0. The molecule has 0 amide bonds. The number of sulfonamides is 1. The van der Waals surface area contributed by atoms with Crippen LogP contribution in [0.3, 0.4) is 0 Å². The van der Waals surface area contributed by atoms with Gasteiger partial charge >= 0.3 is 0 Å². The molecule has 0 saturated heterocycles. The molecule has 0 fully saturated rings. The second-order valence-electron chi connectivity index (χ2n) is 2.43.